The summed E-state index contributed by atoms with van der Waals surface area (Å²) in [6, 6.07) is 2.63. The molecule has 0 saturated carbocycles. The van der Waals surface area contributed by atoms with Crippen LogP contribution in [0.15, 0.2) is 18.3 Å². The van der Waals surface area contributed by atoms with Crippen molar-refractivity contribution in [2.24, 2.45) is 5.92 Å². The average Bonchev–Trinajstić information content (AvgIpc) is 2.28. The van der Waals surface area contributed by atoms with Crippen LogP contribution >= 0.6 is 15.9 Å². The van der Waals surface area contributed by atoms with Crippen LogP contribution in [0.4, 0.5) is 4.39 Å². The lowest BCUT2D eigenvalue weighted by Gasteiger charge is -2.18. The minimum Gasteiger partial charge on any atom is -0.348 e. The highest BCUT2D eigenvalue weighted by molar-refractivity contribution is 9.09. The molecule has 0 aliphatic rings. The lowest BCUT2D eigenvalue weighted by atomic mass is 10.1. The van der Waals surface area contributed by atoms with Gasteiger partial charge in [-0.15, -0.1) is 0 Å². The molecule has 2 atom stereocenters. The molecule has 0 saturated heterocycles. The van der Waals surface area contributed by atoms with E-state index in [0.29, 0.717) is 5.92 Å². The second kappa shape index (κ2) is 5.94. The molecule has 2 unspecified atom stereocenters. The van der Waals surface area contributed by atoms with E-state index in [9.17, 15) is 9.18 Å². The number of carbonyl (C=O) groups excluding carboxylic acids is 1. The number of hydrogen-bond donors (Lipinski definition) is 1. The second-order valence-electron chi connectivity index (χ2n) is 3.76. The van der Waals surface area contributed by atoms with Crippen LogP contribution in [0.2, 0.25) is 0 Å². The highest BCUT2D eigenvalue weighted by Crippen LogP contribution is 2.07. The largest absolute Gasteiger partial charge is 0.348 e. The Labute approximate surface area is 103 Å². The van der Waals surface area contributed by atoms with Crippen molar-refractivity contribution in [3.8, 4) is 0 Å². The molecule has 1 amide bonds. The zero-order chi connectivity index (χ0) is 12.1. The summed E-state index contributed by atoms with van der Waals surface area (Å²) in [6.07, 6.45) is 1.04. The first-order valence-corrected chi connectivity index (χ1v) is 6.15. The summed E-state index contributed by atoms with van der Waals surface area (Å²) in [4.78, 5) is 15.4. The molecule has 0 spiro atoms. The summed E-state index contributed by atoms with van der Waals surface area (Å²) in [5.74, 6) is -0.400. The van der Waals surface area contributed by atoms with E-state index in [-0.39, 0.29) is 17.6 Å². The van der Waals surface area contributed by atoms with Gasteiger partial charge in [-0.2, -0.15) is 0 Å². The van der Waals surface area contributed by atoms with E-state index in [1.54, 1.807) is 0 Å². The predicted octanol–water partition coefficient (Wildman–Crippen LogP) is 2.37. The first-order chi connectivity index (χ1) is 7.54. The summed E-state index contributed by atoms with van der Waals surface area (Å²) in [7, 11) is 0. The summed E-state index contributed by atoms with van der Waals surface area (Å²) >= 11 is 3.35. The summed E-state index contributed by atoms with van der Waals surface area (Å²) in [5, 5.41) is 3.62. The van der Waals surface area contributed by atoms with E-state index in [2.05, 4.69) is 26.2 Å². The van der Waals surface area contributed by atoms with Crippen molar-refractivity contribution in [3.63, 3.8) is 0 Å². The van der Waals surface area contributed by atoms with Crippen molar-refractivity contribution < 1.29 is 9.18 Å². The van der Waals surface area contributed by atoms with E-state index in [1.807, 2.05) is 13.8 Å². The normalized spacial score (nSPS) is 14.2. The molecule has 16 heavy (non-hydrogen) atoms. The summed E-state index contributed by atoms with van der Waals surface area (Å²) in [5.41, 5.74) is 0.232. The summed E-state index contributed by atoms with van der Waals surface area (Å²) in [6.45, 7) is 3.95. The Morgan fingerprint density at radius 3 is 2.75 bits per heavy atom. The minimum absolute atomic E-state index is 0.0405. The van der Waals surface area contributed by atoms with E-state index >= 15 is 0 Å². The van der Waals surface area contributed by atoms with Gasteiger partial charge in [0.1, 0.15) is 11.5 Å². The fourth-order valence-corrected chi connectivity index (χ4v) is 1.63. The lowest BCUT2D eigenvalue weighted by molar-refractivity contribution is 0.0926. The lowest BCUT2D eigenvalue weighted by Crippen LogP contribution is -2.38. The number of halogens is 2. The summed E-state index contributed by atoms with van der Waals surface area (Å²) < 4.78 is 12.6. The van der Waals surface area contributed by atoms with Crippen molar-refractivity contribution in [2.45, 2.75) is 19.9 Å². The molecule has 3 nitrogen and oxygen atoms in total. The van der Waals surface area contributed by atoms with Crippen LogP contribution in [-0.2, 0) is 0 Å². The highest BCUT2D eigenvalue weighted by atomic mass is 79.9. The van der Waals surface area contributed by atoms with Gasteiger partial charge in [0.2, 0.25) is 0 Å². The molecule has 5 heteroatoms. The molecule has 1 aromatic rings. The Balaban J connectivity index is 2.62. The Morgan fingerprint density at radius 1 is 1.56 bits per heavy atom. The number of pyridine rings is 1. The van der Waals surface area contributed by atoms with Crippen molar-refractivity contribution in [1.82, 2.24) is 10.3 Å². The van der Waals surface area contributed by atoms with Crippen LogP contribution in [0.5, 0.6) is 0 Å². The molecule has 0 fully saturated rings. The van der Waals surface area contributed by atoms with Gasteiger partial charge in [0.25, 0.3) is 5.91 Å². The number of carbonyl (C=O) groups is 1. The maximum atomic E-state index is 12.6. The Morgan fingerprint density at radius 2 is 2.25 bits per heavy atom. The zero-order valence-corrected chi connectivity index (χ0v) is 10.8. The number of nitrogens with one attached hydrogen (secondary N) is 1. The molecular weight excluding hydrogens is 275 g/mol. The quantitative estimate of drug-likeness (QED) is 0.865. The van der Waals surface area contributed by atoms with Crippen LogP contribution in [0.1, 0.15) is 24.3 Å². The smallest absolute Gasteiger partial charge is 0.270 e. The van der Waals surface area contributed by atoms with Gasteiger partial charge in [0, 0.05) is 11.4 Å². The first-order valence-electron chi connectivity index (χ1n) is 5.03. The van der Waals surface area contributed by atoms with Gasteiger partial charge in [-0.3, -0.25) is 4.79 Å². The van der Waals surface area contributed by atoms with Crippen molar-refractivity contribution in [2.75, 3.05) is 5.33 Å². The third kappa shape index (κ3) is 3.56. The number of rotatable bonds is 4. The third-order valence-electron chi connectivity index (χ3n) is 2.42. The fourth-order valence-electron chi connectivity index (χ4n) is 1.07. The predicted molar refractivity (Wildman–Crippen MR) is 64.1 cm³/mol. The maximum Gasteiger partial charge on any atom is 0.270 e. The number of amides is 1. The monoisotopic (exact) mass is 288 g/mol. The number of nitrogens with zero attached hydrogens (tertiary/aromatic N) is 1. The van der Waals surface area contributed by atoms with E-state index in [0.717, 1.165) is 11.5 Å². The molecule has 0 aliphatic carbocycles. The molecule has 88 valence electrons. The maximum absolute atomic E-state index is 12.6. The first kappa shape index (κ1) is 13.1. The van der Waals surface area contributed by atoms with Gasteiger partial charge in [-0.05, 0) is 25.0 Å². The standard InChI is InChI=1S/C11H14BrFN2O/c1-7(5-12)8(2)15-11(16)10-4-3-9(13)6-14-10/h3-4,6-8H,5H2,1-2H3,(H,15,16). The van der Waals surface area contributed by atoms with Crippen LogP contribution in [0.3, 0.4) is 0 Å². The van der Waals surface area contributed by atoms with Crippen LogP contribution in [0, 0.1) is 11.7 Å². The average molecular weight is 289 g/mol. The van der Waals surface area contributed by atoms with E-state index in [4.69, 9.17) is 0 Å². The van der Waals surface area contributed by atoms with Gasteiger partial charge < -0.3 is 5.32 Å². The number of aromatic nitrogens is 1. The van der Waals surface area contributed by atoms with Crippen molar-refractivity contribution >= 4 is 21.8 Å². The SMILES string of the molecule is CC(CBr)C(C)NC(=O)c1ccc(F)cn1. The molecule has 0 aliphatic heterocycles. The molecule has 0 aromatic carbocycles. The highest BCUT2D eigenvalue weighted by Gasteiger charge is 2.15. The molecule has 0 radical (unpaired) electrons. The van der Waals surface area contributed by atoms with Gasteiger partial charge in [0.05, 0.1) is 6.20 Å². The molecular formula is C11H14BrFN2O. The Hall–Kier alpha value is -0.970. The zero-order valence-electron chi connectivity index (χ0n) is 9.21. The molecule has 1 heterocycles. The van der Waals surface area contributed by atoms with Gasteiger partial charge in [-0.1, -0.05) is 22.9 Å². The van der Waals surface area contributed by atoms with Gasteiger partial charge >= 0.3 is 0 Å². The fraction of sp³-hybridized carbons (Fsp3) is 0.455. The Bertz CT molecular complexity index is 356. The van der Waals surface area contributed by atoms with Crippen LogP contribution in [0.25, 0.3) is 0 Å². The van der Waals surface area contributed by atoms with E-state index < -0.39 is 5.82 Å². The minimum atomic E-state index is -0.446. The Kier molecular flexibility index (Phi) is 4.86. The topological polar surface area (TPSA) is 42.0 Å². The van der Waals surface area contributed by atoms with Crippen molar-refractivity contribution in [1.29, 1.82) is 0 Å². The van der Waals surface area contributed by atoms with Crippen LogP contribution < -0.4 is 5.32 Å². The number of hydrogen-bond acceptors (Lipinski definition) is 2. The van der Waals surface area contributed by atoms with E-state index in [1.165, 1.54) is 12.1 Å². The number of alkyl halides is 1. The molecule has 0 bridgehead atoms. The van der Waals surface area contributed by atoms with Crippen molar-refractivity contribution in [3.05, 3.63) is 29.8 Å². The second-order valence-corrected chi connectivity index (χ2v) is 4.40. The third-order valence-corrected chi connectivity index (χ3v) is 3.44. The van der Waals surface area contributed by atoms with Gasteiger partial charge in [-0.25, -0.2) is 9.37 Å². The molecule has 1 rings (SSSR count). The van der Waals surface area contributed by atoms with Crippen LogP contribution in [-0.4, -0.2) is 22.3 Å². The molecule has 1 N–H and O–H groups in total. The van der Waals surface area contributed by atoms with Gasteiger partial charge in [0.15, 0.2) is 0 Å². The molecule has 1 aromatic heterocycles.